The standard InChI is InChI=1S/C22H23NO4/c1-26-17-9-6-16(7-10-17)8-11-21(25)23-13-12-22(15-23)14-19(24)18-4-2-3-5-20(18)27-22/h2-7,9-10H,8,11-15H2,1H3. The highest BCUT2D eigenvalue weighted by Crippen LogP contribution is 2.38. The molecule has 4 rings (SSSR count). The predicted octanol–water partition coefficient (Wildman–Crippen LogP) is 3.26. The highest BCUT2D eigenvalue weighted by Gasteiger charge is 2.46. The van der Waals surface area contributed by atoms with Gasteiger partial charge < -0.3 is 14.4 Å². The van der Waals surface area contributed by atoms with Crippen LogP contribution in [0.4, 0.5) is 0 Å². The Bertz CT molecular complexity index is 861. The summed E-state index contributed by atoms with van der Waals surface area (Å²) < 4.78 is 11.3. The third-order valence-electron chi connectivity index (χ3n) is 5.45. The molecule has 1 fully saturated rings. The van der Waals surface area contributed by atoms with Crippen molar-refractivity contribution in [1.29, 1.82) is 0 Å². The first-order valence-corrected chi connectivity index (χ1v) is 9.30. The van der Waals surface area contributed by atoms with Crippen LogP contribution >= 0.6 is 0 Å². The molecule has 2 aromatic carbocycles. The maximum absolute atomic E-state index is 12.7. The lowest BCUT2D eigenvalue weighted by Gasteiger charge is -2.34. The molecule has 0 aliphatic carbocycles. The Hall–Kier alpha value is -2.82. The van der Waals surface area contributed by atoms with Crippen LogP contribution in [0.2, 0.25) is 0 Å². The van der Waals surface area contributed by atoms with Gasteiger partial charge in [0.05, 0.1) is 25.6 Å². The Balaban J connectivity index is 1.37. The maximum atomic E-state index is 12.7. The van der Waals surface area contributed by atoms with Crippen molar-refractivity contribution in [2.45, 2.75) is 31.3 Å². The van der Waals surface area contributed by atoms with Gasteiger partial charge in [0.25, 0.3) is 0 Å². The number of fused-ring (bicyclic) bond motifs is 1. The van der Waals surface area contributed by atoms with Gasteiger partial charge in [-0.2, -0.15) is 0 Å². The third-order valence-corrected chi connectivity index (χ3v) is 5.45. The van der Waals surface area contributed by atoms with Gasteiger partial charge in [-0.3, -0.25) is 9.59 Å². The van der Waals surface area contributed by atoms with Crippen LogP contribution in [0, 0.1) is 0 Å². The highest BCUT2D eigenvalue weighted by molar-refractivity contribution is 6.00. The zero-order valence-corrected chi connectivity index (χ0v) is 15.4. The average Bonchev–Trinajstić information content (AvgIpc) is 3.09. The molecule has 2 aliphatic rings. The molecule has 5 heteroatoms. The molecule has 0 saturated carbocycles. The Morgan fingerprint density at radius 3 is 2.74 bits per heavy atom. The Morgan fingerprint density at radius 1 is 1.19 bits per heavy atom. The van der Waals surface area contributed by atoms with Gasteiger partial charge in [-0.15, -0.1) is 0 Å². The Labute approximate surface area is 158 Å². The van der Waals surface area contributed by atoms with E-state index in [9.17, 15) is 9.59 Å². The van der Waals surface area contributed by atoms with E-state index in [2.05, 4.69) is 0 Å². The minimum absolute atomic E-state index is 0.101. The summed E-state index contributed by atoms with van der Waals surface area (Å²) in [6.07, 6.45) is 2.18. The number of aryl methyl sites for hydroxylation is 1. The minimum Gasteiger partial charge on any atom is -0.497 e. The summed E-state index contributed by atoms with van der Waals surface area (Å²) in [4.78, 5) is 27.0. The fourth-order valence-electron chi connectivity index (χ4n) is 3.93. The normalized spacial score (nSPS) is 21.1. The highest BCUT2D eigenvalue weighted by atomic mass is 16.5. The van der Waals surface area contributed by atoms with Crippen LogP contribution in [0.15, 0.2) is 48.5 Å². The van der Waals surface area contributed by atoms with Gasteiger partial charge in [-0.1, -0.05) is 24.3 Å². The molecule has 2 aliphatic heterocycles. The number of amides is 1. The quantitative estimate of drug-likeness (QED) is 0.834. The molecule has 1 atom stereocenters. The van der Waals surface area contributed by atoms with Gasteiger partial charge in [-0.25, -0.2) is 0 Å². The zero-order chi connectivity index (χ0) is 18.9. The Morgan fingerprint density at radius 2 is 1.96 bits per heavy atom. The van der Waals surface area contributed by atoms with Crippen molar-refractivity contribution >= 4 is 11.7 Å². The molecule has 2 aromatic rings. The van der Waals surface area contributed by atoms with Gasteiger partial charge in [0, 0.05) is 19.4 Å². The van der Waals surface area contributed by atoms with Gasteiger partial charge in [0.2, 0.25) is 5.91 Å². The number of ketones is 1. The second kappa shape index (κ2) is 7.06. The number of rotatable bonds is 4. The van der Waals surface area contributed by atoms with E-state index >= 15 is 0 Å². The summed E-state index contributed by atoms with van der Waals surface area (Å²) in [5.74, 6) is 1.66. The van der Waals surface area contributed by atoms with Gasteiger partial charge in [-0.05, 0) is 36.2 Å². The fraction of sp³-hybridized carbons (Fsp3) is 0.364. The van der Waals surface area contributed by atoms with E-state index in [0.717, 1.165) is 11.3 Å². The first kappa shape index (κ1) is 17.6. The monoisotopic (exact) mass is 365 g/mol. The molecule has 0 aromatic heterocycles. The average molecular weight is 365 g/mol. The van der Waals surface area contributed by atoms with Crippen molar-refractivity contribution in [3.05, 3.63) is 59.7 Å². The lowest BCUT2D eigenvalue weighted by atomic mass is 9.89. The predicted molar refractivity (Wildman–Crippen MR) is 101 cm³/mol. The number of hydrogen-bond donors (Lipinski definition) is 0. The summed E-state index contributed by atoms with van der Waals surface area (Å²) in [5, 5.41) is 0. The summed E-state index contributed by atoms with van der Waals surface area (Å²) >= 11 is 0. The van der Waals surface area contributed by atoms with Gasteiger partial charge in [0.15, 0.2) is 5.78 Å². The summed E-state index contributed by atoms with van der Waals surface area (Å²) in [6.45, 7) is 1.12. The summed E-state index contributed by atoms with van der Waals surface area (Å²) in [6, 6.07) is 15.1. The van der Waals surface area contributed by atoms with Crippen LogP contribution in [0.1, 0.15) is 35.2 Å². The molecule has 0 bridgehead atoms. The van der Waals surface area contributed by atoms with Crippen molar-refractivity contribution in [3.63, 3.8) is 0 Å². The lowest BCUT2D eigenvalue weighted by molar-refractivity contribution is -0.130. The molecule has 27 heavy (non-hydrogen) atoms. The molecule has 5 nitrogen and oxygen atoms in total. The number of benzene rings is 2. The number of carbonyl (C=O) groups is 2. The largest absolute Gasteiger partial charge is 0.497 e. The van der Waals surface area contributed by atoms with Crippen molar-refractivity contribution in [1.82, 2.24) is 4.90 Å². The van der Waals surface area contributed by atoms with Crippen molar-refractivity contribution in [2.75, 3.05) is 20.2 Å². The van der Waals surface area contributed by atoms with Crippen molar-refractivity contribution in [3.8, 4) is 11.5 Å². The molecule has 0 N–H and O–H groups in total. The topological polar surface area (TPSA) is 55.8 Å². The molecule has 0 radical (unpaired) electrons. The number of ether oxygens (including phenoxy) is 2. The summed E-state index contributed by atoms with van der Waals surface area (Å²) in [7, 11) is 1.64. The number of nitrogens with zero attached hydrogens (tertiary/aromatic N) is 1. The van der Waals surface area contributed by atoms with Crippen LogP contribution in [0.25, 0.3) is 0 Å². The molecule has 1 spiro atoms. The van der Waals surface area contributed by atoms with Crippen LogP contribution in [-0.4, -0.2) is 42.4 Å². The maximum Gasteiger partial charge on any atom is 0.223 e. The van der Waals surface area contributed by atoms with E-state index in [1.807, 2.05) is 47.4 Å². The minimum atomic E-state index is -0.568. The van der Waals surface area contributed by atoms with Gasteiger partial charge >= 0.3 is 0 Å². The lowest BCUT2D eigenvalue weighted by Crippen LogP contribution is -2.45. The molecule has 1 saturated heterocycles. The first-order chi connectivity index (χ1) is 13.1. The Kier molecular flexibility index (Phi) is 4.60. The third kappa shape index (κ3) is 3.54. The van der Waals surface area contributed by atoms with Crippen LogP contribution < -0.4 is 9.47 Å². The molecule has 140 valence electrons. The molecule has 1 unspecified atom stereocenters. The number of Topliss-reactive ketones (excluding diaryl/α,β-unsaturated/α-hetero) is 1. The second-order valence-corrected chi connectivity index (χ2v) is 7.29. The van der Waals surface area contributed by atoms with E-state index in [1.54, 1.807) is 13.2 Å². The SMILES string of the molecule is COc1ccc(CCC(=O)N2CCC3(CC(=O)c4ccccc4O3)C2)cc1. The van der Waals surface area contributed by atoms with Gasteiger partial charge in [0.1, 0.15) is 17.1 Å². The smallest absolute Gasteiger partial charge is 0.223 e. The van der Waals surface area contributed by atoms with E-state index in [0.29, 0.717) is 50.1 Å². The number of carbonyl (C=O) groups excluding carboxylic acids is 2. The second-order valence-electron chi connectivity index (χ2n) is 7.29. The molecule has 2 heterocycles. The number of methoxy groups -OCH3 is 1. The molecule has 1 amide bonds. The number of hydrogen-bond acceptors (Lipinski definition) is 4. The van der Waals surface area contributed by atoms with E-state index in [-0.39, 0.29) is 11.7 Å². The van der Waals surface area contributed by atoms with Crippen molar-refractivity contribution < 1.29 is 19.1 Å². The van der Waals surface area contributed by atoms with Crippen LogP contribution in [-0.2, 0) is 11.2 Å². The molecular weight excluding hydrogens is 342 g/mol. The first-order valence-electron chi connectivity index (χ1n) is 9.30. The number of likely N-dealkylation sites (tertiary alicyclic amines) is 1. The van der Waals surface area contributed by atoms with E-state index in [4.69, 9.17) is 9.47 Å². The summed E-state index contributed by atoms with van der Waals surface area (Å²) in [5.41, 5.74) is 1.18. The number of para-hydroxylation sites is 1. The fourth-order valence-corrected chi connectivity index (χ4v) is 3.93. The van der Waals surface area contributed by atoms with E-state index in [1.165, 1.54) is 0 Å². The van der Waals surface area contributed by atoms with Crippen molar-refractivity contribution in [2.24, 2.45) is 0 Å². The van der Waals surface area contributed by atoms with Crippen LogP contribution in [0.5, 0.6) is 11.5 Å². The zero-order valence-electron chi connectivity index (χ0n) is 15.4. The van der Waals surface area contributed by atoms with Crippen LogP contribution in [0.3, 0.4) is 0 Å². The molecular formula is C22H23NO4. The van der Waals surface area contributed by atoms with E-state index < -0.39 is 5.60 Å².